The predicted molar refractivity (Wildman–Crippen MR) is 199 cm³/mol. The van der Waals surface area contributed by atoms with Gasteiger partial charge in [0.2, 0.25) is 10.0 Å². The highest BCUT2D eigenvalue weighted by molar-refractivity contribution is 7.92. The molecule has 8 nitrogen and oxygen atoms in total. The molecule has 0 saturated heterocycles. The summed E-state index contributed by atoms with van der Waals surface area (Å²) in [5, 5.41) is 0. The average molecular weight is 709 g/mol. The van der Waals surface area contributed by atoms with Crippen LogP contribution in [0.2, 0.25) is 0 Å². The maximum Gasteiger partial charge on any atom is 0.265 e. The highest BCUT2D eigenvalue weighted by atomic mass is 32.2. The van der Waals surface area contributed by atoms with Crippen LogP contribution < -0.4 is 18.9 Å². The Morgan fingerprint density at radius 1 is 0.583 bits per heavy atom. The minimum atomic E-state index is -4.16. The Kier molecular flexibility index (Phi) is 18.9. The van der Waals surface area contributed by atoms with Gasteiger partial charge in [-0.1, -0.05) is 131 Å². The van der Waals surface area contributed by atoms with Crippen LogP contribution in [0.3, 0.4) is 0 Å². The van der Waals surface area contributed by atoms with Gasteiger partial charge in [0.1, 0.15) is 21.3 Å². The summed E-state index contributed by atoms with van der Waals surface area (Å²) < 4.78 is 71.8. The Hall–Kier alpha value is -2.30. The number of hydrogen-bond acceptors (Lipinski definition) is 6. The molecule has 0 radical (unpaired) electrons. The van der Waals surface area contributed by atoms with Gasteiger partial charge in [0.25, 0.3) is 10.0 Å². The Balaban J connectivity index is 2.38. The summed E-state index contributed by atoms with van der Waals surface area (Å²) in [4.78, 5) is -0.0464. The third-order valence-electron chi connectivity index (χ3n) is 8.75. The molecule has 0 bridgehead atoms. The molecule has 274 valence electrons. The number of benzene rings is 2. The van der Waals surface area contributed by atoms with Crippen molar-refractivity contribution in [2.75, 3.05) is 24.5 Å². The van der Waals surface area contributed by atoms with Gasteiger partial charge in [0.05, 0.1) is 18.9 Å². The van der Waals surface area contributed by atoms with Crippen molar-refractivity contribution in [2.45, 2.75) is 159 Å². The zero-order valence-corrected chi connectivity index (χ0v) is 32.3. The first-order chi connectivity index (χ1) is 22.9. The molecule has 0 unspecified atom stereocenters. The lowest BCUT2D eigenvalue weighted by atomic mass is 9.80. The fourth-order valence-electron chi connectivity index (χ4n) is 5.73. The van der Waals surface area contributed by atoms with Gasteiger partial charge in [0, 0.05) is 6.54 Å². The number of anilines is 1. The molecule has 0 fully saturated rings. The molecule has 0 aromatic heterocycles. The molecule has 0 aliphatic heterocycles. The van der Waals surface area contributed by atoms with Gasteiger partial charge in [-0.05, 0) is 60.6 Å². The van der Waals surface area contributed by atoms with E-state index in [1.165, 1.54) is 50.7 Å². The van der Waals surface area contributed by atoms with Crippen LogP contribution in [0.25, 0.3) is 0 Å². The molecule has 2 rings (SSSR count). The first-order valence-corrected chi connectivity index (χ1v) is 21.4. The quantitative estimate of drug-likeness (QED) is 0.0894. The van der Waals surface area contributed by atoms with E-state index in [1.54, 1.807) is 25.1 Å². The minimum Gasteiger partial charge on any atom is -0.492 e. The molecule has 0 atom stereocenters. The number of unbranched alkanes of at least 4 members (excludes halogenated alkanes) is 12. The van der Waals surface area contributed by atoms with Crippen LogP contribution in [0.4, 0.5) is 5.69 Å². The smallest absolute Gasteiger partial charge is 0.265 e. The van der Waals surface area contributed by atoms with E-state index >= 15 is 0 Å². The maximum atomic E-state index is 14.1. The summed E-state index contributed by atoms with van der Waals surface area (Å²) in [5.74, 6) is 0.495. The van der Waals surface area contributed by atoms with Gasteiger partial charge >= 0.3 is 0 Å². The molecule has 0 aliphatic rings. The monoisotopic (exact) mass is 708 g/mol. The summed E-state index contributed by atoms with van der Waals surface area (Å²) in [7, 11) is -8.10. The second-order valence-corrected chi connectivity index (χ2v) is 16.9. The molecular formula is C38H64N2O6S2. The van der Waals surface area contributed by atoms with Crippen LogP contribution >= 0.6 is 0 Å². The average Bonchev–Trinajstić information content (AvgIpc) is 3.04. The van der Waals surface area contributed by atoms with Crippen molar-refractivity contribution >= 4 is 25.7 Å². The SMILES string of the molecule is CCCCCCCCOc1ccc(NS(=O)(=O)c2cc(C(C)(C)CCCCC)ccc2OCCCCCCCC)cc1S(=O)(=O)NCC. The molecule has 0 saturated carbocycles. The van der Waals surface area contributed by atoms with Crippen molar-refractivity contribution < 1.29 is 26.3 Å². The van der Waals surface area contributed by atoms with Crippen molar-refractivity contribution in [3.8, 4) is 11.5 Å². The Bertz CT molecular complexity index is 1420. The van der Waals surface area contributed by atoms with Crippen LogP contribution in [-0.4, -0.2) is 36.6 Å². The van der Waals surface area contributed by atoms with Crippen LogP contribution in [0, 0.1) is 0 Å². The normalized spacial score (nSPS) is 12.3. The van der Waals surface area contributed by atoms with E-state index in [0.29, 0.717) is 19.0 Å². The molecule has 0 spiro atoms. The molecule has 2 aromatic carbocycles. The lowest BCUT2D eigenvalue weighted by molar-refractivity contribution is 0.296. The number of sulfonamides is 2. The number of hydrogen-bond donors (Lipinski definition) is 2. The topological polar surface area (TPSA) is 111 Å². The molecule has 0 heterocycles. The summed E-state index contributed by atoms with van der Waals surface area (Å²) in [6, 6.07) is 9.87. The van der Waals surface area contributed by atoms with Crippen LogP contribution in [0.1, 0.15) is 150 Å². The fourth-order valence-corrected chi connectivity index (χ4v) is 8.16. The van der Waals surface area contributed by atoms with Crippen LogP contribution in [0.5, 0.6) is 11.5 Å². The first-order valence-electron chi connectivity index (χ1n) is 18.5. The molecular weight excluding hydrogens is 645 g/mol. The summed E-state index contributed by atoms with van der Waals surface area (Å²) in [6.45, 7) is 13.5. The van der Waals surface area contributed by atoms with Gasteiger partial charge in [-0.25, -0.2) is 21.6 Å². The van der Waals surface area contributed by atoms with Crippen molar-refractivity contribution in [1.29, 1.82) is 0 Å². The van der Waals surface area contributed by atoms with Gasteiger partial charge in [-0.2, -0.15) is 0 Å². The molecule has 48 heavy (non-hydrogen) atoms. The van der Waals surface area contributed by atoms with E-state index in [1.807, 2.05) is 6.07 Å². The van der Waals surface area contributed by atoms with E-state index in [-0.39, 0.29) is 33.2 Å². The van der Waals surface area contributed by atoms with Crippen LogP contribution in [-0.2, 0) is 25.5 Å². The Morgan fingerprint density at radius 2 is 1.06 bits per heavy atom. The third-order valence-corrected chi connectivity index (χ3v) is 11.7. The van der Waals surface area contributed by atoms with E-state index in [4.69, 9.17) is 9.47 Å². The zero-order valence-electron chi connectivity index (χ0n) is 30.7. The second kappa shape index (κ2) is 21.7. The lowest BCUT2D eigenvalue weighted by Crippen LogP contribution is -2.24. The molecule has 0 amide bonds. The largest absolute Gasteiger partial charge is 0.492 e. The second-order valence-electron chi connectivity index (χ2n) is 13.5. The van der Waals surface area contributed by atoms with Gasteiger partial charge in [-0.15, -0.1) is 0 Å². The van der Waals surface area contributed by atoms with E-state index in [0.717, 1.165) is 69.8 Å². The van der Waals surface area contributed by atoms with E-state index < -0.39 is 20.0 Å². The highest BCUT2D eigenvalue weighted by Crippen LogP contribution is 2.36. The fraction of sp³-hybridized carbons (Fsp3) is 0.684. The predicted octanol–water partition coefficient (Wildman–Crippen LogP) is 10.1. The molecule has 0 aliphatic carbocycles. The Labute approximate surface area is 293 Å². The van der Waals surface area contributed by atoms with Gasteiger partial charge < -0.3 is 9.47 Å². The molecule has 2 aromatic rings. The summed E-state index contributed by atoms with van der Waals surface area (Å²) in [6.07, 6.45) is 17.3. The van der Waals surface area contributed by atoms with E-state index in [9.17, 15) is 16.8 Å². The standard InChI is InChI=1S/C38H64N2O6S2/c1-7-11-14-16-18-21-28-45-34-25-23-32(38(5,6)27-20-13-9-3)30-36(34)48(43,44)40-33-24-26-35(37(31-33)47(41,42)39-10-4)46-29-22-19-17-15-12-8-2/h23-26,30-31,39-40H,7-22,27-29H2,1-6H3. The highest BCUT2D eigenvalue weighted by Gasteiger charge is 2.27. The van der Waals surface area contributed by atoms with Crippen LogP contribution in [0.15, 0.2) is 46.2 Å². The zero-order chi connectivity index (χ0) is 35.5. The summed E-state index contributed by atoms with van der Waals surface area (Å²) >= 11 is 0. The Morgan fingerprint density at radius 3 is 1.60 bits per heavy atom. The number of rotatable bonds is 27. The van der Waals surface area contributed by atoms with Crippen molar-refractivity contribution in [1.82, 2.24) is 4.72 Å². The van der Waals surface area contributed by atoms with Gasteiger partial charge in [-0.3, -0.25) is 4.72 Å². The van der Waals surface area contributed by atoms with Gasteiger partial charge in [0.15, 0.2) is 0 Å². The number of ether oxygens (including phenoxy) is 2. The van der Waals surface area contributed by atoms with Crippen molar-refractivity contribution in [3.63, 3.8) is 0 Å². The third kappa shape index (κ3) is 14.3. The van der Waals surface area contributed by atoms with Crippen molar-refractivity contribution in [3.05, 3.63) is 42.0 Å². The number of nitrogens with one attached hydrogen (secondary N) is 2. The molecule has 10 heteroatoms. The first kappa shape index (κ1) is 41.9. The van der Waals surface area contributed by atoms with Crippen molar-refractivity contribution in [2.24, 2.45) is 0 Å². The van der Waals surface area contributed by atoms with E-state index in [2.05, 4.69) is 44.1 Å². The minimum absolute atomic E-state index is 0.0500. The molecule has 2 N–H and O–H groups in total. The maximum absolute atomic E-state index is 14.1. The summed E-state index contributed by atoms with van der Waals surface area (Å²) in [5.41, 5.74) is 0.812. The lowest BCUT2D eigenvalue weighted by Gasteiger charge is -2.26.